The SMILES string of the molecule is CCCC(=O)Nc1ccc(C(=O)Nc2nnc(C3CC(=O)N(c4ccc(CC)cc4)C3)s2)cc1. The first-order valence-corrected chi connectivity index (χ1v) is 12.2. The second-order valence-electron chi connectivity index (χ2n) is 8.20. The number of carbonyl (C=O) groups is 3. The summed E-state index contributed by atoms with van der Waals surface area (Å²) in [5.74, 6) is -0.369. The van der Waals surface area contributed by atoms with Crippen LogP contribution >= 0.6 is 11.3 Å². The van der Waals surface area contributed by atoms with Gasteiger partial charge in [0.15, 0.2) is 0 Å². The molecule has 2 aromatic carbocycles. The summed E-state index contributed by atoms with van der Waals surface area (Å²) in [4.78, 5) is 38.7. The third-order valence-electron chi connectivity index (χ3n) is 5.70. The van der Waals surface area contributed by atoms with E-state index in [1.54, 1.807) is 29.2 Å². The highest BCUT2D eigenvalue weighted by Crippen LogP contribution is 2.34. The summed E-state index contributed by atoms with van der Waals surface area (Å²) in [6.45, 7) is 4.58. The number of nitrogens with one attached hydrogen (secondary N) is 2. The second kappa shape index (κ2) is 10.6. The Labute approximate surface area is 202 Å². The minimum absolute atomic E-state index is 0.0528. The van der Waals surface area contributed by atoms with Crippen LogP contribution < -0.4 is 15.5 Å². The van der Waals surface area contributed by atoms with Gasteiger partial charge in [-0.05, 0) is 54.8 Å². The van der Waals surface area contributed by atoms with E-state index in [-0.39, 0.29) is 23.6 Å². The fourth-order valence-electron chi connectivity index (χ4n) is 3.81. The average molecular weight is 478 g/mol. The predicted molar refractivity (Wildman–Crippen MR) is 133 cm³/mol. The number of aromatic nitrogens is 2. The number of amides is 3. The first-order chi connectivity index (χ1) is 16.5. The van der Waals surface area contributed by atoms with Crippen molar-refractivity contribution < 1.29 is 14.4 Å². The number of hydrogen-bond acceptors (Lipinski definition) is 6. The quantitative estimate of drug-likeness (QED) is 0.493. The third kappa shape index (κ3) is 5.48. The van der Waals surface area contributed by atoms with Crippen molar-refractivity contribution in [3.63, 3.8) is 0 Å². The van der Waals surface area contributed by atoms with E-state index in [1.165, 1.54) is 16.9 Å². The van der Waals surface area contributed by atoms with E-state index in [0.29, 0.717) is 35.8 Å². The van der Waals surface area contributed by atoms with Crippen molar-refractivity contribution in [2.75, 3.05) is 22.1 Å². The molecular weight excluding hydrogens is 450 g/mol. The second-order valence-corrected chi connectivity index (χ2v) is 9.21. The smallest absolute Gasteiger partial charge is 0.257 e. The number of nitrogens with zero attached hydrogens (tertiary/aromatic N) is 3. The van der Waals surface area contributed by atoms with E-state index in [9.17, 15) is 14.4 Å². The van der Waals surface area contributed by atoms with Gasteiger partial charge in [0.05, 0.1) is 0 Å². The number of hydrogen-bond donors (Lipinski definition) is 2. The molecule has 1 fully saturated rings. The van der Waals surface area contributed by atoms with Gasteiger partial charge in [-0.3, -0.25) is 19.7 Å². The molecule has 9 heteroatoms. The van der Waals surface area contributed by atoms with Crippen LogP contribution in [0.25, 0.3) is 0 Å². The molecule has 2 N–H and O–H groups in total. The van der Waals surface area contributed by atoms with Gasteiger partial charge in [-0.15, -0.1) is 10.2 Å². The normalized spacial score (nSPS) is 15.4. The van der Waals surface area contributed by atoms with Gasteiger partial charge in [0.25, 0.3) is 5.91 Å². The molecule has 2 heterocycles. The predicted octanol–water partition coefficient (Wildman–Crippen LogP) is 4.61. The first kappa shape index (κ1) is 23.6. The zero-order valence-electron chi connectivity index (χ0n) is 19.2. The van der Waals surface area contributed by atoms with Crippen LogP contribution in [0.5, 0.6) is 0 Å². The van der Waals surface area contributed by atoms with E-state index >= 15 is 0 Å². The van der Waals surface area contributed by atoms with Crippen molar-refractivity contribution >= 4 is 45.6 Å². The number of anilines is 3. The minimum atomic E-state index is -0.311. The Bertz CT molecular complexity index is 1170. The number of rotatable bonds is 8. The molecule has 3 amide bonds. The van der Waals surface area contributed by atoms with E-state index in [1.807, 2.05) is 31.2 Å². The van der Waals surface area contributed by atoms with Gasteiger partial charge in [-0.25, -0.2) is 0 Å². The van der Waals surface area contributed by atoms with Crippen molar-refractivity contribution in [3.05, 3.63) is 64.7 Å². The number of benzene rings is 2. The molecule has 176 valence electrons. The van der Waals surface area contributed by atoms with Crippen LogP contribution in [-0.4, -0.2) is 34.5 Å². The summed E-state index contributed by atoms with van der Waals surface area (Å²) in [5, 5.41) is 15.0. The van der Waals surface area contributed by atoms with Crippen molar-refractivity contribution in [1.29, 1.82) is 0 Å². The molecule has 0 spiro atoms. The molecule has 1 aliphatic heterocycles. The highest BCUT2D eigenvalue weighted by atomic mass is 32.1. The van der Waals surface area contributed by atoms with Gasteiger partial charge in [0.2, 0.25) is 16.9 Å². The summed E-state index contributed by atoms with van der Waals surface area (Å²) in [5.41, 5.74) is 3.21. The van der Waals surface area contributed by atoms with Gasteiger partial charge < -0.3 is 10.2 Å². The van der Waals surface area contributed by atoms with Crippen LogP contribution in [0.15, 0.2) is 48.5 Å². The van der Waals surface area contributed by atoms with E-state index in [2.05, 4.69) is 27.8 Å². The van der Waals surface area contributed by atoms with Crippen LogP contribution in [0.4, 0.5) is 16.5 Å². The Hall–Kier alpha value is -3.59. The van der Waals surface area contributed by atoms with Crippen molar-refractivity contribution in [2.24, 2.45) is 0 Å². The Morgan fingerprint density at radius 2 is 1.76 bits per heavy atom. The molecule has 4 rings (SSSR count). The fraction of sp³-hybridized carbons (Fsp3) is 0.320. The van der Waals surface area contributed by atoms with Crippen molar-refractivity contribution in [3.8, 4) is 0 Å². The van der Waals surface area contributed by atoms with Crippen LogP contribution in [0, 0.1) is 0 Å². The highest BCUT2D eigenvalue weighted by Gasteiger charge is 2.34. The molecule has 0 radical (unpaired) electrons. The summed E-state index contributed by atoms with van der Waals surface area (Å²) in [6.07, 6.45) is 2.55. The van der Waals surface area contributed by atoms with E-state index in [4.69, 9.17) is 0 Å². The summed E-state index contributed by atoms with van der Waals surface area (Å²) in [6, 6.07) is 14.7. The van der Waals surface area contributed by atoms with Crippen molar-refractivity contribution in [2.45, 2.75) is 45.4 Å². The largest absolute Gasteiger partial charge is 0.326 e. The summed E-state index contributed by atoms with van der Waals surface area (Å²) >= 11 is 1.29. The van der Waals surface area contributed by atoms with Gasteiger partial charge in [0.1, 0.15) is 5.01 Å². The molecule has 1 atom stereocenters. The Balaban J connectivity index is 1.36. The first-order valence-electron chi connectivity index (χ1n) is 11.4. The molecule has 3 aromatic rings. The number of carbonyl (C=O) groups excluding carboxylic acids is 3. The number of aryl methyl sites for hydroxylation is 1. The highest BCUT2D eigenvalue weighted by molar-refractivity contribution is 7.15. The van der Waals surface area contributed by atoms with Crippen LogP contribution in [0.3, 0.4) is 0 Å². The molecule has 8 nitrogen and oxygen atoms in total. The molecule has 0 aliphatic carbocycles. The van der Waals surface area contributed by atoms with Gasteiger partial charge in [-0.2, -0.15) is 0 Å². The molecule has 1 unspecified atom stereocenters. The lowest BCUT2D eigenvalue weighted by Crippen LogP contribution is -2.24. The van der Waals surface area contributed by atoms with Gasteiger partial charge in [0, 0.05) is 42.2 Å². The third-order valence-corrected chi connectivity index (χ3v) is 6.70. The molecule has 0 bridgehead atoms. The average Bonchev–Trinajstić information content (AvgIpc) is 3.46. The lowest BCUT2D eigenvalue weighted by Gasteiger charge is -2.16. The van der Waals surface area contributed by atoms with Crippen LogP contribution in [0.1, 0.15) is 60.0 Å². The zero-order chi connectivity index (χ0) is 24.1. The minimum Gasteiger partial charge on any atom is -0.326 e. The van der Waals surface area contributed by atoms with Gasteiger partial charge >= 0.3 is 0 Å². The monoisotopic (exact) mass is 477 g/mol. The Kier molecular flexibility index (Phi) is 7.32. The molecular formula is C25H27N5O3S. The maximum Gasteiger partial charge on any atom is 0.257 e. The van der Waals surface area contributed by atoms with E-state index < -0.39 is 0 Å². The van der Waals surface area contributed by atoms with Crippen molar-refractivity contribution in [1.82, 2.24) is 10.2 Å². The Morgan fingerprint density at radius 1 is 1.03 bits per heavy atom. The molecule has 1 saturated heterocycles. The molecule has 1 aliphatic rings. The van der Waals surface area contributed by atoms with Crippen LogP contribution in [0.2, 0.25) is 0 Å². The summed E-state index contributed by atoms with van der Waals surface area (Å²) in [7, 11) is 0. The lowest BCUT2D eigenvalue weighted by atomic mass is 10.1. The molecule has 34 heavy (non-hydrogen) atoms. The molecule has 0 saturated carbocycles. The maximum atomic E-state index is 12.6. The van der Waals surface area contributed by atoms with Gasteiger partial charge in [-0.1, -0.05) is 37.3 Å². The Morgan fingerprint density at radius 3 is 2.44 bits per heavy atom. The lowest BCUT2D eigenvalue weighted by molar-refractivity contribution is -0.117. The summed E-state index contributed by atoms with van der Waals surface area (Å²) < 4.78 is 0. The van der Waals surface area contributed by atoms with E-state index in [0.717, 1.165) is 23.5 Å². The topological polar surface area (TPSA) is 104 Å². The fourth-order valence-corrected chi connectivity index (χ4v) is 4.64. The van der Waals surface area contributed by atoms with Crippen LogP contribution in [-0.2, 0) is 16.0 Å². The molecule has 1 aromatic heterocycles. The standard InChI is InChI=1S/C25H27N5O3S/c1-3-5-21(31)26-19-10-8-17(9-11-19)23(33)27-25-29-28-24(34-25)18-14-22(32)30(15-18)20-12-6-16(4-2)7-13-20/h6-13,18H,3-5,14-15H2,1-2H3,(H,26,31)(H,27,29,33). The zero-order valence-corrected chi connectivity index (χ0v) is 20.0. The maximum absolute atomic E-state index is 12.6.